The van der Waals surface area contributed by atoms with Crippen LogP contribution < -0.4 is 11.5 Å². The normalized spacial score (nSPS) is 23.8. The van der Waals surface area contributed by atoms with Gasteiger partial charge in [0.15, 0.2) is 0 Å². The quantitative estimate of drug-likeness (QED) is 0.196. The van der Waals surface area contributed by atoms with Crippen LogP contribution in [0.1, 0.15) is 126 Å². The number of nitrogens with two attached hydrogens (primary N) is 2. The van der Waals surface area contributed by atoms with E-state index in [-0.39, 0.29) is 40.4 Å². The van der Waals surface area contributed by atoms with E-state index < -0.39 is 17.4 Å². The smallest absolute Gasteiger partial charge is 0.310 e. The van der Waals surface area contributed by atoms with Gasteiger partial charge in [0.25, 0.3) is 0 Å². The van der Waals surface area contributed by atoms with Crippen LogP contribution in [0.25, 0.3) is 0 Å². The highest BCUT2D eigenvalue weighted by atomic mass is 16.4. The summed E-state index contributed by atoms with van der Waals surface area (Å²) in [6.07, 6.45) is 8.52. The largest absolute Gasteiger partial charge is 0.481 e. The molecule has 0 aromatic carbocycles. The van der Waals surface area contributed by atoms with Gasteiger partial charge in [-0.25, -0.2) is 0 Å². The van der Waals surface area contributed by atoms with Crippen LogP contribution in [-0.2, 0) is 9.59 Å². The number of carboxylic acids is 2. The van der Waals surface area contributed by atoms with Crippen LogP contribution in [0.3, 0.4) is 0 Å². The first-order valence-electron chi connectivity index (χ1n) is 15.8. The van der Waals surface area contributed by atoms with Crippen LogP contribution in [0, 0.1) is 17.3 Å². The van der Waals surface area contributed by atoms with Gasteiger partial charge in [-0.3, -0.25) is 19.4 Å². The summed E-state index contributed by atoms with van der Waals surface area (Å²) in [7, 11) is 0. The molecule has 2 rings (SSSR count). The Labute approximate surface area is 244 Å². The zero-order valence-electron chi connectivity index (χ0n) is 27.0. The third-order valence-corrected chi connectivity index (χ3v) is 10.4. The van der Waals surface area contributed by atoms with Gasteiger partial charge in [-0.15, -0.1) is 0 Å². The Kier molecular flexibility index (Phi) is 11.7. The van der Waals surface area contributed by atoms with E-state index in [9.17, 15) is 14.7 Å². The topological polar surface area (TPSA) is 133 Å². The van der Waals surface area contributed by atoms with Gasteiger partial charge in [0.1, 0.15) is 0 Å². The fraction of sp³-hybridized carbons (Fsp3) is 0.938. The summed E-state index contributed by atoms with van der Waals surface area (Å²) in [5, 5.41) is 20.3. The Balaban J connectivity index is 2.48. The first-order chi connectivity index (χ1) is 18.4. The summed E-state index contributed by atoms with van der Waals surface area (Å²) >= 11 is 0. The van der Waals surface area contributed by atoms with E-state index in [1.54, 1.807) is 0 Å². The van der Waals surface area contributed by atoms with Gasteiger partial charge in [0.2, 0.25) is 0 Å². The summed E-state index contributed by atoms with van der Waals surface area (Å²) < 4.78 is 0. The molecule has 8 nitrogen and oxygen atoms in total. The molecule has 6 N–H and O–H groups in total. The second-order valence-corrected chi connectivity index (χ2v) is 15.3. The third-order valence-electron chi connectivity index (χ3n) is 10.4. The van der Waals surface area contributed by atoms with Crippen molar-refractivity contribution in [1.29, 1.82) is 0 Å². The summed E-state index contributed by atoms with van der Waals surface area (Å²) in [5.41, 5.74) is 10.6. The second-order valence-electron chi connectivity index (χ2n) is 15.3. The number of likely N-dealkylation sites (tertiary alicyclic amines) is 2. The number of hydrogen-bond donors (Lipinski definition) is 4. The monoisotopic (exact) mass is 566 g/mol. The second kappa shape index (κ2) is 13.4. The van der Waals surface area contributed by atoms with E-state index >= 15 is 0 Å². The molecule has 2 aliphatic rings. The molecule has 2 fully saturated rings. The number of aliphatic carboxylic acids is 2. The van der Waals surface area contributed by atoms with Gasteiger partial charge in [-0.1, -0.05) is 25.7 Å². The Morgan fingerprint density at radius 2 is 1.02 bits per heavy atom. The summed E-state index contributed by atoms with van der Waals surface area (Å²) in [4.78, 5) is 29.7. The molecule has 2 saturated heterocycles. The Bertz CT molecular complexity index is 772. The highest BCUT2D eigenvalue weighted by Gasteiger charge is 2.60. The first kappa shape index (κ1) is 35.0. The van der Waals surface area contributed by atoms with Crippen molar-refractivity contribution in [3.05, 3.63) is 0 Å². The van der Waals surface area contributed by atoms with Gasteiger partial charge < -0.3 is 21.7 Å². The Hall–Kier alpha value is -1.22. The van der Waals surface area contributed by atoms with Crippen LogP contribution in [0.5, 0.6) is 0 Å². The van der Waals surface area contributed by atoms with E-state index in [0.29, 0.717) is 25.9 Å². The van der Waals surface area contributed by atoms with E-state index in [1.807, 2.05) is 0 Å². The molecular formula is C32H62N4O4. The highest BCUT2D eigenvalue weighted by Crippen LogP contribution is 2.58. The number of carboxylic acid groups (broad SMARTS) is 2. The molecule has 0 aromatic heterocycles. The lowest BCUT2D eigenvalue weighted by Gasteiger charge is -2.62. The molecule has 0 aromatic rings. The van der Waals surface area contributed by atoms with Gasteiger partial charge in [-0.2, -0.15) is 0 Å². The number of carbonyl (C=O) groups is 2. The fourth-order valence-corrected chi connectivity index (χ4v) is 9.25. The Morgan fingerprint density at radius 1 is 0.675 bits per heavy atom. The maximum absolute atomic E-state index is 13.8. The number of rotatable bonds is 15. The lowest BCUT2D eigenvalue weighted by molar-refractivity contribution is -0.178. The van der Waals surface area contributed by atoms with Crippen LogP contribution >= 0.6 is 0 Å². The molecule has 2 heterocycles. The predicted molar refractivity (Wildman–Crippen MR) is 163 cm³/mol. The minimum atomic E-state index is -0.826. The molecule has 0 amide bonds. The molecule has 234 valence electrons. The zero-order chi connectivity index (χ0) is 30.6. The molecule has 0 spiro atoms. The highest BCUT2D eigenvalue weighted by molar-refractivity contribution is 5.76. The molecule has 0 bridgehead atoms. The molecule has 0 atom stereocenters. The average Bonchev–Trinajstić information content (AvgIpc) is 2.79. The van der Waals surface area contributed by atoms with Gasteiger partial charge in [0.05, 0.1) is 5.41 Å². The molecule has 0 saturated carbocycles. The van der Waals surface area contributed by atoms with Crippen LogP contribution in [-0.4, -0.2) is 80.3 Å². The number of piperidine rings is 2. The van der Waals surface area contributed by atoms with E-state index in [4.69, 9.17) is 16.6 Å². The minimum absolute atomic E-state index is 0.0497. The van der Waals surface area contributed by atoms with Crippen molar-refractivity contribution >= 4 is 11.9 Å². The number of hydrogen-bond acceptors (Lipinski definition) is 6. The average molecular weight is 567 g/mol. The first-order valence-corrected chi connectivity index (χ1v) is 15.8. The summed E-state index contributed by atoms with van der Waals surface area (Å²) in [5.74, 6) is -1.28. The fourth-order valence-electron chi connectivity index (χ4n) is 9.25. The Morgan fingerprint density at radius 3 is 1.35 bits per heavy atom. The van der Waals surface area contributed by atoms with Crippen molar-refractivity contribution in [2.24, 2.45) is 28.7 Å². The third kappa shape index (κ3) is 7.78. The summed E-state index contributed by atoms with van der Waals surface area (Å²) in [6, 6.07) is 0. The maximum Gasteiger partial charge on any atom is 0.310 e. The molecule has 40 heavy (non-hydrogen) atoms. The van der Waals surface area contributed by atoms with E-state index in [0.717, 1.165) is 64.5 Å². The van der Waals surface area contributed by atoms with Crippen molar-refractivity contribution < 1.29 is 19.8 Å². The molecule has 0 aliphatic carbocycles. The number of unbranched alkanes of at least 4 members (excludes halogenated alkanes) is 4. The minimum Gasteiger partial charge on any atom is -0.481 e. The van der Waals surface area contributed by atoms with Crippen molar-refractivity contribution in [1.82, 2.24) is 9.80 Å². The van der Waals surface area contributed by atoms with Crippen LogP contribution in [0.15, 0.2) is 0 Å². The molecule has 0 unspecified atom stereocenters. The van der Waals surface area contributed by atoms with Gasteiger partial charge in [0, 0.05) is 54.8 Å². The zero-order valence-corrected chi connectivity index (χ0v) is 27.0. The van der Waals surface area contributed by atoms with Crippen molar-refractivity contribution in [3.8, 4) is 0 Å². The number of nitrogens with zero attached hydrogens (tertiary/aromatic N) is 2. The van der Waals surface area contributed by atoms with Gasteiger partial charge >= 0.3 is 11.9 Å². The van der Waals surface area contributed by atoms with E-state index in [2.05, 4.69) is 65.2 Å². The van der Waals surface area contributed by atoms with Gasteiger partial charge in [-0.05, 0) is 106 Å². The molecular weight excluding hydrogens is 504 g/mol. The van der Waals surface area contributed by atoms with Crippen LogP contribution in [0.4, 0.5) is 0 Å². The van der Waals surface area contributed by atoms with E-state index in [1.165, 1.54) is 0 Å². The van der Waals surface area contributed by atoms with Crippen LogP contribution in [0.2, 0.25) is 0 Å². The molecule has 8 heteroatoms. The summed E-state index contributed by atoms with van der Waals surface area (Å²) in [6.45, 7) is 20.9. The standard InChI is InChI=1S/C32H62N4O4/c1-28(2)20-24(21-29(3,4)35(28)18-16-33)32(27(39)40,15-13-11-9-10-12-14-26(37)38)25-22-30(5,6)36(19-17-34)31(7,8)23-25/h24-25H,9-23,33-34H2,1-8H3,(H,37,38)(H,39,40). The lowest BCUT2D eigenvalue weighted by atomic mass is 9.52. The predicted octanol–water partition coefficient (Wildman–Crippen LogP) is 5.33. The van der Waals surface area contributed by atoms with Crippen molar-refractivity contribution in [2.45, 2.75) is 148 Å². The molecule has 2 aliphatic heterocycles. The lowest BCUT2D eigenvalue weighted by Crippen LogP contribution is -2.67. The maximum atomic E-state index is 13.8. The SMILES string of the molecule is CC1(C)CC(C(CCCCCCCC(=O)O)(C(=O)O)C2CC(C)(C)N(CCN)C(C)(C)C2)CC(C)(C)N1CCN. The van der Waals surface area contributed by atoms with Crippen molar-refractivity contribution in [2.75, 3.05) is 26.2 Å². The van der Waals surface area contributed by atoms with Crippen molar-refractivity contribution in [3.63, 3.8) is 0 Å². The molecule has 0 radical (unpaired) electrons.